The summed E-state index contributed by atoms with van der Waals surface area (Å²) in [4.78, 5) is 4.27. The first-order valence-corrected chi connectivity index (χ1v) is 7.90. The van der Waals surface area contributed by atoms with Crippen LogP contribution in [0.5, 0.6) is 17.4 Å². The quantitative estimate of drug-likeness (QED) is 0.805. The van der Waals surface area contributed by atoms with Crippen molar-refractivity contribution in [2.45, 2.75) is 26.3 Å². The maximum atomic E-state index is 5.80. The van der Waals surface area contributed by atoms with Gasteiger partial charge in [0.25, 0.3) is 0 Å². The first-order valence-electron chi connectivity index (χ1n) is 7.90. The fraction of sp³-hybridized carbons (Fsp3) is 0.389. The van der Waals surface area contributed by atoms with Crippen LogP contribution in [-0.2, 0) is 6.54 Å². The Morgan fingerprint density at radius 1 is 1.14 bits per heavy atom. The number of pyridine rings is 1. The van der Waals surface area contributed by atoms with Gasteiger partial charge >= 0.3 is 0 Å². The number of ether oxygens (including phenoxy) is 2. The van der Waals surface area contributed by atoms with Crippen LogP contribution in [0.2, 0.25) is 0 Å². The van der Waals surface area contributed by atoms with Crippen LogP contribution >= 0.6 is 0 Å². The highest BCUT2D eigenvalue weighted by Crippen LogP contribution is 2.27. The summed E-state index contributed by atoms with van der Waals surface area (Å²) in [5, 5.41) is 3.48. The Bertz CT molecular complexity index is 594. The monoisotopic (exact) mass is 298 g/mol. The highest BCUT2D eigenvalue weighted by atomic mass is 16.5. The molecule has 1 heterocycles. The van der Waals surface area contributed by atoms with E-state index in [1.807, 2.05) is 43.3 Å². The zero-order chi connectivity index (χ0) is 15.2. The van der Waals surface area contributed by atoms with E-state index in [0.29, 0.717) is 12.5 Å². The number of nitrogens with one attached hydrogen (secondary N) is 1. The van der Waals surface area contributed by atoms with Gasteiger partial charge in [-0.2, -0.15) is 0 Å². The van der Waals surface area contributed by atoms with Crippen LogP contribution in [0.25, 0.3) is 0 Å². The Labute approximate surface area is 131 Å². The first-order chi connectivity index (χ1) is 10.8. The third-order valence-electron chi connectivity index (χ3n) is 3.62. The van der Waals surface area contributed by atoms with E-state index in [9.17, 15) is 0 Å². The van der Waals surface area contributed by atoms with E-state index in [1.54, 1.807) is 6.20 Å². The first kappa shape index (κ1) is 14.9. The van der Waals surface area contributed by atoms with Crippen LogP contribution in [-0.4, -0.2) is 18.1 Å². The minimum absolute atomic E-state index is 0.620. The van der Waals surface area contributed by atoms with E-state index in [1.165, 1.54) is 18.4 Å². The largest absolute Gasteiger partial charge is 0.494 e. The summed E-state index contributed by atoms with van der Waals surface area (Å²) in [5.41, 5.74) is 1.19. The van der Waals surface area contributed by atoms with Gasteiger partial charge in [-0.3, -0.25) is 0 Å². The summed E-state index contributed by atoms with van der Waals surface area (Å²) < 4.78 is 11.2. The SMILES string of the molecule is CCOc1ccc(Oc2cc(CNCC3CC3)ccn2)cc1. The van der Waals surface area contributed by atoms with Crippen molar-refractivity contribution in [3.63, 3.8) is 0 Å². The molecule has 0 amide bonds. The van der Waals surface area contributed by atoms with Crippen molar-refractivity contribution < 1.29 is 9.47 Å². The molecule has 4 heteroatoms. The minimum Gasteiger partial charge on any atom is -0.494 e. The van der Waals surface area contributed by atoms with E-state index in [2.05, 4.69) is 10.3 Å². The van der Waals surface area contributed by atoms with Crippen LogP contribution < -0.4 is 14.8 Å². The molecule has 1 saturated carbocycles. The van der Waals surface area contributed by atoms with Gasteiger partial charge < -0.3 is 14.8 Å². The molecule has 1 aromatic heterocycles. The van der Waals surface area contributed by atoms with Crippen molar-refractivity contribution in [3.05, 3.63) is 48.2 Å². The number of aromatic nitrogens is 1. The molecule has 0 aliphatic heterocycles. The lowest BCUT2D eigenvalue weighted by molar-refractivity contribution is 0.339. The molecule has 0 unspecified atom stereocenters. The summed E-state index contributed by atoms with van der Waals surface area (Å²) in [6, 6.07) is 11.6. The molecule has 0 radical (unpaired) electrons. The molecule has 1 aromatic carbocycles. The van der Waals surface area contributed by atoms with E-state index in [-0.39, 0.29) is 0 Å². The van der Waals surface area contributed by atoms with Crippen molar-refractivity contribution in [2.24, 2.45) is 5.92 Å². The standard InChI is InChI=1S/C18H22N2O2/c1-2-21-16-5-7-17(8-6-16)22-18-11-15(9-10-20-18)13-19-12-14-3-4-14/h5-11,14,19H,2-4,12-13H2,1H3. The molecular formula is C18H22N2O2. The van der Waals surface area contributed by atoms with E-state index >= 15 is 0 Å². The van der Waals surface area contributed by atoms with E-state index in [0.717, 1.165) is 30.5 Å². The molecule has 0 atom stereocenters. The van der Waals surface area contributed by atoms with Gasteiger partial charge in [-0.15, -0.1) is 0 Å². The normalized spacial score (nSPS) is 13.9. The molecule has 4 nitrogen and oxygen atoms in total. The van der Waals surface area contributed by atoms with Gasteiger partial charge in [-0.25, -0.2) is 4.98 Å². The van der Waals surface area contributed by atoms with Crippen molar-refractivity contribution in [3.8, 4) is 17.4 Å². The molecule has 3 rings (SSSR count). The molecule has 1 aliphatic rings. The Morgan fingerprint density at radius 3 is 2.64 bits per heavy atom. The van der Waals surface area contributed by atoms with Gasteiger partial charge in [0, 0.05) is 18.8 Å². The lowest BCUT2D eigenvalue weighted by Gasteiger charge is -2.08. The second-order valence-corrected chi connectivity index (χ2v) is 5.58. The van der Waals surface area contributed by atoms with E-state index in [4.69, 9.17) is 9.47 Å². The van der Waals surface area contributed by atoms with Crippen LogP contribution in [0.3, 0.4) is 0 Å². The van der Waals surface area contributed by atoms with Crippen LogP contribution in [0.4, 0.5) is 0 Å². The van der Waals surface area contributed by atoms with Crippen LogP contribution in [0.1, 0.15) is 25.3 Å². The Hall–Kier alpha value is -2.07. The third kappa shape index (κ3) is 4.46. The summed E-state index contributed by atoms with van der Waals surface area (Å²) in [6.45, 7) is 4.60. The summed E-state index contributed by atoms with van der Waals surface area (Å²) in [7, 11) is 0. The van der Waals surface area contributed by atoms with Gasteiger partial charge in [-0.1, -0.05) is 0 Å². The Morgan fingerprint density at radius 2 is 1.91 bits per heavy atom. The summed E-state index contributed by atoms with van der Waals surface area (Å²) in [6.07, 6.45) is 4.53. The van der Waals surface area contributed by atoms with Gasteiger partial charge in [0.2, 0.25) is 5.88 Å². The Kier molecular flexibility index (Phi) is 4.91. The predicted octanol–water partition coefficient (Wildman–Crippen LogP) is 3.77. The topological polar surface area (TPSA) is 43.4 Å². The fourth-order valence-electron chi connectivity index (χ4n) is 2.25. The van der Waals surface area contributed by atoms with Crippen molar-refractivity contribution >= 4 is 0 Å². The highest BCUT2D eigenvalue weighted by Gasteiger charge is 2.20. The molecule has 1 N–H and O–H groups in total. The zero-order valence-corrected chi connectivity index (χ0v) is 12.9. The number of benzene rings is 1. The molecular weight excluding hydrogens is 276 g/mol. The minimum atomic E-state index is 0.620. The maximum absolute atomic E-state index is 5.80. The number of hydrogen-bond donors (Lipinski definition) is 1. The molecule has 0 bridgehead atoms. The van der Waals surface area contributed by atoms with Crippen LogP contribution in [0.15, 0.2) is 42.6 Å². The lowest BCUT2D eigenvalue weighted by atomic mass is 10.2. The fourth-order valence-corrected chi connectivity index (χ4v) is 2.25. The van der Waals surface area contributed by atoms with Gasteiger partial charge in [-0.05, 0) is 68.1 Å². The molecule has 0 spiro atoms. The van der Waals surface area contributed by atoms with Crippen molar-refractivity contribution in [1.82, 2.24) is 10.3 Å². The van der Waals surface area contributed by atoms with E-state index < -0.39 is 0 Å². The second kappa shape index (κ2) is 7.27. The summed E-state index contributed by atoms with van der Waals surface area (Å²) in [5.74, 6) is 3.12. The lowest BCUT2D eigenvalue weighted by Crippen LogP contribution is -2.16. The van der Waals surface area contributed by atoms with Gasteiger partial charge in [0.15, 0.2) is 0 Å². The summed E-state index contributed by atoms with van der Waals surface area (Å²) >= 11 is 0. The third-order valence-corrected chi connectivity index (χ3v) is 3.62. The van der Waals surface area contributed by atoms with Crippen LogP contribution in [0, 0.1) is 5.92 Å². The maximum Gasteiger partial charge on any atom is 0.219 e. The van der Waals surface area contributed by atoms with Gasteiger partial charge in [0.05, 0.1) is 6.61 Å². The number of nitrogens with zero attached hydrogens (tertiary/aromatic N) is 1. The number of rotatable bonds is 8. The van der Waals surface area contributed by atoms with Gasteiger partial charge in [0.1, 0.15) is 11.5 Å². The molecule has 1 aliphatic carbocycles. The van der Waals surface area contributed by atoms with Crippen molar-refractivity contribution in [2.75, 3.05) is 13.2 Å². The second-order valence-electron chi connectivity index (χ2n) is 5.58. The molecule has 2 aromatic rings. The zero-order valence-electron chi connectivity index (χ0n) is 12.9. The van der Waals surface area contributed by atoms with Crippen molar-refractivity contribution in [1.29, 1.82) is 0 Å². The predicted molar refractivity (Wildman–Crippen MR) is 86.4 cm³/mol. The molecule has 0 saturated heterocycles. The molecule has 1 fully saturated rings. The average molecular weight is 298 g/mol. The average Bonchev–Trinajstić information content (AvgIpc) is 3.34. The number of hydrogen-bond acceptors (Lipinski definition) is 4. The Balaban J connectivity index is 1.56. The highest BCUT2D eigenvalue weighted by molar-refractivity contribution is 5.34. The smallest absolute Gasteiger partial charge is 0.219 e. The molecule has 116 valence electrons. The molecule has 22 heavy (non-hydrogen) atoms.